The summed E-state index contributed by atoms with van der Waals surface area (Å²) in [5, 5.41) is 1.31. The van der Waals surface area contributed by atoms with Crippen molar-refractivity contribution in [3.8, 4) is 0 Å². The van der Waals surface area contributed by atoms with Crippen LogP contribution >= 0.6 is 0 Å². The van der Waals surface area contributed by atoms with Crippen LogP contribution in [0, 0.1) is 0 Å². The molecule has 1 aromatic rings. The van der Waals surface area contributed by atoms with Gasteiger partial charge in [-0.3, -0.25) is 8.22 Å². The van der Waals surface area contributed by atoms with Gasteiger partial charge in [-0.1, -0.05) is 42.5 Å². The molecule has 0 aliphatic rings. The quantitative estimate of drug-likeness (QED) is 0.534. The number of rotatable bonds is 3. The van der Waals surface area contributed by atoms with Crippen molar-refractivity contribution in [1.29, 1.82) is 0 Å². The predicted molar refractivity (Wildman–Crippen MR) is 55.2 cm³/mol. The van der Waals surface area contributed by atoms with Gasteiger partial charge in [-0.2, -0.15) is 0 Å². The van der Waals surface area contributed by atoms with Gasteiger partial charge in [0.1, 0.15) is 0 Å². The minimum absolute atomic E-state index is 0.0273. The molecule has 0 nitrogen and oxygen atoms in total. The van der Waals surface area contributed by atoms with Crippen molar-refractivity contribution >= 4 is 23.4 Å². The molecule has 0 saturated carbocycles. The average Bonchev–Trinajstić information content (AvgIpc) is 2.04. The Balaban J connectivity index is 2.70. The van der Waals surface area contributed by atoms with E-state index in [1.54, 1.807) is 0 Å². The fraction of sp³-hybridized carbons (Fsp3) is 0.333. The molecule has 1 aromatic carbocycles. The Labute approximate surface area is 81.2 Å². The molecule has 0 atom stereocenters. The molecule has 2 radical (unpaired) electrons. The second-order valence-electron chi connectivity index (χ2n) is 3.21. The van der Waals surface area contributed by atoms with E-state index in [0.29, 0.717) is 0 Å². The van der Waals surface area contributed by atoms with Crippen molar-refractivity contribution in [2.45, 2.75) is 19.1 Å². The lowest BCUT2D eigenvalue weighted by molar-refractivity contribution is 0.654. The molecule has 4 heteroatoms. The maximum atomic E-state index is 12.1. The first-order valence-electron chi connectivity index (χ1n) is 4.16. The first kappa shape index (κ1) is 10.6. The van der Waals surface area contributed by atoms with Crippen molar-refractivity contribution in [2.75, 3.05) is 0 Å². The third-order valence-electron chi connectivity index (χ3n) is 1.87. The number of hydrogen-bond donors (Lipinski definition) is 0. The fourth-order valence-corrected chi connectivity index (χ4v) is 2.49. The average molecular weight is 214 g/mol. The van der Waals surface area contributed by atoms with Crippen LogP contribution in [0.5, 0.6) is 0 Å². The van der Waals surface area contributed by atoms with E-state index in [1.165, 1.54) is 5.19 Å². The summed E-state index contributed by atoms with van der Waals surface area (Å²) in [5.41, 5.74) is 0.769. The summed E-state index contributed by atoms with van der Waals surface area (Å²) in [5.74, 6) is 0. The van der Waals surface area contributed by atoms with E-state index in [1.807, 2.05) is 24.3 Å². The predicted octanol–water partition coefficient (Wildman–Crippen LogP) is 2.16. The molecular weight excluding hydrogens is 202 g/mol. The summed E-state index contributed by atoms with van der Waals surface area (Å²) in [7, 11) is -3.55. The fourth-order valence-electron chi connectivity index (χ4n) is 1.11. The van der Waals surface area contributed by atoms with E-state index < -0.39 is 18.3 Å². The second-order valence-corrected chi connectivity index (χ2v) is 6.82. The molecule has 0 bridgehead atoms. The van der Waals surface area contributed by atoms with Gasteiger partial charge < -0.3 is 0 Å². The first-order chi connectivity index (χ1) is 6.09. The molecule has 0 fully saturated rings. The molecule has 0 amide bonds. The number of benzene rings is 1. The van der Waals surface area contributed by atoms with Crippen molar-refractivity contribution < 1.29 is 8.22 Å². The highest BCUT2D eigenvalue weighted by Crippen LogP contribution is 2.03. The van der Waals surface area contributed by atoms with Crippen LogP contribution in [0.3, 0.4) is 0 Å². The van der Waals surface area contributed by atoms with Crippen molar-refractivity contribution in [1.82, 2.24) is 0 Å². The first-order valence-corrected chi connectivity index (χ1v) is 8.12. The Morgan fingerprint density at radius 1 is 1.08 bits per heavy atom. The molecule has 0 unspecified atom stereocenters. The van der Waals surface area contributed by atoms with Crippen LogP contribution in [-0.2, 0) is 6.04 Å². The molecule has 0 heterocycles. The number of halogens is 2. The lowest BCUT2D eigenvalue weighted by Gasteiger charge is -2.04. The second kappa shape index (κ2) is 4.67. The van der Waals surface area contributed by atoms with Gasteiger partial charge in [-0.25, -0.2) is 0 Å². The zero-order valence-electron chi connectivity index (χ0n) is 7.77. The third-order valence-corrected chi connectivity index (χ3v) is 4.03. The zero-order chi connectivity index (χ0) is 9.84. The molecule has 0 spiro atoms. The Morgan fingerprint density at radius 2 is 1.62 bits per heavy atom. The van der Waals surface area contributed by atoms with Crippen LogP contribution in [0.2, 0.25) is 13.1 Å². The summed E-state index contributed by atoms with van der Waals surface area (Å²) in [6, 6.07) is 7.59. The lowest BCUT2D eigenvalue weighted by Crippen LogP contribution is -2.22. The molecule has 0 aliphatic heterocycles. The van der Waals surface area contributed by atoms with Crippen LogP contribution in [0.4, 0.5) is 8.22 Å². The van der Waals surface area contributed by atoms with E-state index in [4.69, 9.17) is 0 Å². The van der Waals surface area contributed by atoms with Crippen molar-refractivity contribution in [3.63, 3.8) is 0 Å². The molecule has 13 heavy (non-hydrogen) atoms. The smallest absolute Gasteiger partial charge is 0.268 e. The molecule has 1 rings (SSSR count). The van der Waals surface area contributed by atoms with E-state index in [2.05, 4.69) is 13.1 Å². The van der Waals surface area contributed by atoms with Gasteiger partial charge in [-0.05, 0) is 5.56 Å². The standard InChI is InChI=1S/C9H12F2Si2/c1-12(2)9-5-3-8(4-6-9)7-13(10)11/h3-6H,7H2,1-2H3. The van der Waals surface area contributed by atoms with Crippen LogP contribution in [0.15, 0.2) is 24.3 Å². The highest BCUT2D eigenvalue weighted by molar-refractivity contribution is 6.70. The van der Waals surface area contributed by atoms with E-state index >= 15 is 0 Å². The Kier molecular flexibility index (Phi) is 3.80. The molecular formula is C9H12F2Si2. The van der Waals surface area contributed by atoms with E-state index in [-0.39, 0.29) is 6.04 Å². The third kappa shape index (κ3) is 3.40. The highest BCUT2D eigenvalue weighted by Gasteiger charge is 2.11. The minimum atomic E-state index is -3.11. The van der Waals surface area contributed by atoms with Gasteiger partial charge >= 0.3 is 9.46 Å². The van der Waals surface area contributed by atoms with Gasteiger partial charge in [0.15, 0.2) is 0 Å². The molecule has 0 aromatic heterocycles. The Hall–Kier alpha value is -0.486. The lowest BCUT2D eigenvalue weighted by atomic mass is 10.2. The highest BCUT2D eigenvalue weighted by atomic mass is 28.4. The van der Waals surface area contributed by atoms with Crippen molar-refractivity contribution in [2.24, 2.45) is 0 Å². The van der Waals surface area contributed by atoms with Gasteiger partial charge in [0.25, 0.3) is 0 Å². The molecule has 0 N–H and O–H groups in total. The topological polar surface area (TPSA) is 0 Å². The number of hydrogen-bond acceptors (Lipinski definition) is 0. The minimum Gasteiger partial charge on any atom is -0.268 e. The van der Waals surface area contributed by atoms with Crippen LogP contribution in [0.1, 0.15) is 5.56 Å². The molecule has 70 valence electrons. The van der Waals surface area contributed by atoms with Crippen molar-refractivity contribution in [3.05, 3.63) is 29.8 Å². The Bertz CT molecular complexity index is 257. The zero-order valence-corrected chi connectivity index (χ0v) is 9.77. The summed E-state index contributed by atoms with van der Waals surface area (Å²) in [6.45, 7) is 4.39. The SMILES string of the molecule is C[Si](C)c1ccc(C[Si](F)F)cc1. The van der Waals surface area contributed by atoms with Crippen LogP contribution < -0.4 is 5.19 Å². The summed E-state index contributed by atoms with van der Waals surface area (Å²) in [6.07, 6.45) is 0. The van der Waals surface area contributed by atoms with Gasteiger partial charge in [0.05, 0.1) is 8.80 Å². The molecule has 0 saturated heterocycles. The summed E-state index contributed by atoms with van der Waals surface area (Å²) < 4.78 is 24.2. The maximum Gasteiger partial charge on any atom is 0.481 e. The maximum absolute atomic E-state index is 12.1. The summed E-state index contributed by atoms with van der Waals surface area (Å²) >= 11 is 0. The van der Waals surface area contributed by atoms with E-state index in [0.717, 1.165) is 5.56 Å². The van der Waals surface area contributed by atoms with Gasteiger partial charge in [0, 0.05) is 6.04 Å². The normalized spacial score (nSPS) is 11.2. The summed E-state index contributed by atoms with van der Waals surface area (Å²) in [4.78, 5) is 0. The van der Waals surface area contributed by atoms with E-state index in [9.17, 15) is 8.22 Å². The molecule has 0 aliphatic carbocycles. The van der Waals surface area contributed by atoms with Crippen LogP contribution in [-0.4, -0.2) is 18.3 Å². The largest absolute Gasteiger partial charge is 0.481 e. The van der Waals surface area contributed by atoms with Gasteiger partial charge in [0.2, 0.25) is 0 Å². The monoisotopic (exact) mass is 214 g/mol. The Morgan fingerprint density at radius 3 is 2.00 bits per heavy atom. The van der Waals surface area contributed by atoms with Crippen LogP contribution in [0.25, 0.3) is 0 Å². The van der Waals surface area contributed by atoms with Gasteiger partial charge in [-0.15, -0.1) is 0 Å².